The van der Waals surface area contributed by atoms with Crippen molar-refractivity contribution in [3.63, 3.8) is 0 Å². The quantitative estimate of drug-likeness (QED) is 0.744. The zero-order valence-electron chi connectivity index (χ0n) is 12.3. The van der Waals surface area contributed by atoms with Crippen LogP contribution >= 0.6 is 0 Å². The van der Waals surface area contributed by atoms with Crippen molar-refractivity contribution < 1.29 is 0 Å². The van der Waals surface area contributed by atoms with Gasteiger partial charge in [0.05, 0.1) is 0 Å². The van der Waals surface area contributed by atoms with Gasteiger partial charge in [-0.05, 0) is 54.3 Å². The molecule has 1 aliphatic carbocycles. The molecule has 1 saturated carbocycles. The maximum Gasteiger partial charge on any atom is -0.00118 e. The Hall–Kier alpha value is -0.820. The molecule has 1 N–H and O–H groups in total. The molecule has 0 saturated heterocycles. The fraction of sp³-hybridized carbons (Fsp3) is 0.647. The molecule has 2 atom stereocenters. The zero-order valence-corrected chi connectivity index (χ0v) is 12.3. The van der Waals surface area contributed by atoms with Gasteiger partial charge in [-0.25, -0.2) is 0 Å². The smallest absolute Gasteiger partial charge is 0.00118 e. The number of benzene rings is 1. The third-order valence-corrected chi connectivity index (χ3v) is 4.47. The van der Waals surface area contributed by atoms with Crippen LogP contribution in [0.25, 0.3) is 0 Å². The largest absolute Gasteiger partial charge is 0.316 e. The van der Waals surface area contributed by atoms with E-state index in [9.17, 15) is 0 Å². The van der Waals surface area contributed by atoms with E-state index in [1.807, 2.05) is 0 Å². The van der Waals surface area contributed by atoms with Crippen LogP contribution in [0.2, 0.25) is 0 Å². The van der Waals surface area contributed by atoms with Crippen LogP contribution in [0, 0.1) is 5.92 Å². The molecule has 1 aliphatic rings. The molecule has 1 nitrogen and oxygen atoms in total. The van der Waals surface area contributed by atoms with E-state index in [1.165, 1.54) is 30.5 Å². The third-order valence-electron chi connectivity index (χ3n) is 4.47. The normalized spacial score (nSPS) is 26.6. The van der Waals surface area contributed by atoms with Gasteiger partial charge >= 0.3 is 0 Å². The first-order chi connectivity index (χ1) is 8.58. The van der Waals surface area contributed by atoms with Crippen molar-refractivity contribution in [2.75, 3.05) is 13.1 Å². The Bertz CT molecular complexity index is 379. The summed E-state index contributed by atoms with van der Waals surface area (Å²) in [6.45, 7) is 11.5. The fourth-order valence-electron chi connectivity index (χ4n) is 2.81. The molecule has 1 heteroatoms. The van der Waals surface area contributed by atoms with Gasteiger partial charge in [0, 0.05) is 0 Å². The molecule has 0 radical (unpaired) electrons. The minimum absolute atomic E-state index is 0.427. The van der Waals surface area contributed by atoms with Crippen LogP contribution < -0.4 is 5.32 Å². The van der Waals surface area contributed by atoms with E-state index in [4.69, 9.17) is 0 Å². The maximum atomic E-state index is 3.55. The van der Waals surface area contributed by atoms with Crippen LogP contribution in [-0.2, 0) is 5.41 Å². The lowest BCUT2D eigenvalue weighted by molar-refractivity contribution is 0.575. The first-order valence-electron chi connectivity index (χ1n) is 7.39. The van der Waals surface area contributed by atoms with Gasteiger partial charge in [0.2, 0.25) is 0 Å². The Kier molecular flexibility index (Phi) is 4.11. The van der Waals surface area contributed by atoms with E-state index in [0.717, 1.165) is 12.5 Å². The fourth-order valence-corrected chi connectivity index (χ4v) is 2.81. The molecule has 100 valence electrons. The second-order valence-corrected chi connectivity index (χ2v) is 6.30. The van der Waals surface area contributed by atoms with Crippen LogP contribution in [0.4, 0.5) is 0 Å². The van der Waals surface area contributed by atoms with Crippen molar-refractivity contribution in [1.82, 2.24) is 5.32 Å². The van der Waals surface area contributed by atoms with Gasteiger partial charge in [-0.1, -0.05) is 52.0 Å². The van der Waals surface area contributed by atoms with Crippen molar-refractivity contribution in [3.8, 4) is 0 Å². The highest BCUT2D eigenvalue weighted by atomic mass is 14.9. The number of hydrogen-bond donors (Lipinski definition) is 1. The van der Waals surface area contributed by atoms with Crippen LogP contribution in [-0.4, -0.2) is 13.1 Å². The molecule has 0 aliphatic heterocycles. The van der Waals surface area contributed by atoms with Crippen molar-refractivity contribution in [1.29, 1.82) is 0 Å². The zero-order chi connectivity index (χ0) is 13.2. The summed E-state index contributed by atoms with van der Waals surface area (Å²) in [7, 11) is 0. The Labute approximate surface area is 112 Å². The minimum Gasteiger partial charge on any atom is -0.316 e. The van der Waals surface area contributed by atoms with E-state index >= 15 is 0 Å². The van der Waals surface area contributed by atoms with E-state index < -0.39 is 0 Å². The first-order valence-corrected chi connectivity index (χ1v) is 7.39. The summed E-state index contributed by atoms with van der Waals surface area (Å²) in [6, 6.07) is 9.30. The van der Waals surface area contributed by atoms with Gasteiger partial charge in [-0.3, -0.25) is 0 Å². The van der Waals surface area contributed by atoms with Crippen LogP contribution in [0.15, 0.2) is 24.3 Å². The molecule has 0 bridgehead atoms. The molecule has 1 aromatic carbocycles. The Balaban J connectivity index is 1.96. The Morgan fingerprint density at radius 3 is 2.50 bits per heavy atom. The van der Waals surface area contributed by atoms with Crippen LogP contribution in [0.5, 0.6) is 0 Å². The van der Waals surface area contributed by atoms with Gasteiger partial charge in [0.25, 0.3) is 0 Å². The molecule has 1 aromatic rings. The highest BCUT2D eigenvalue weighted by Crippen LogP contribution is 2.53. The molecule has 0 amide bonds. The average molecular weight is 245 g/mol. The molecule has 18 heavy (non-hydrogen) atoms. The summed E-state index contributed by atoms with van der Waals surface area (Å²) < 4.78 is 0. The Morgan fingerprint density at radius 1 is 1.28 bits per heavy atom. The average Bonchev–Trinajstić information content (AvgIpc) is 3.02. The number of rotatable bonds is 6. The van der Waals surface area contributed by atoms with E-state index in [0.29, 0.717) is 11.3 Å². The monoisotopic (exact) mass is 245 g/mol. The van der Waals surface area contributed by atoms with E-state index in [-0.39, 0.29) is 0 Å². The molecule has 0 heterocycles. The molecule has 2 unspecified atom stereocenters. The van der Waals surface area contributed by atoms with Crippen molar-refractivity contribution in [2.45, 2.75) is 51.9 Å². The molecule has 0 aromatic heterocycles. The molecule has 0 spiro atoms. The minimum atomic E-state index is 0.427. The lowest BCUT2D eigenvalue weighted by Crippen LogP contribution is -2.20. The summed E-state index contributed by atoms with van der Waals surface area (Å²) in [5.41, 5.74) is 3.40. The standard InChI is InChI=1S/C17H27N/c1-5-10-18-12-16-11-17(16,4)15-8-6-14(7-9-15)13(2)3/h6-9,13,16,18H,5,10-12H2,1-4H3. The summed E-state index contributed by atoms with van der Waals surface area (Å²) in [5, 5.41) is 3.55. The lowest BCUT2D eigenvalue weighted by Gasteiger charge is -2.14. The second-order valence-electron chi connectivity index (χ2n) is 6.30. The van der Waals surface area contributed by atoms with Gasteiger partial charge in [0.1, 0.15) is 0 Å². The SMILES string of the molecule is CCCNCC1CC1(C)c1ccc(C(C)C)cc1. The van der Waals surface area contributed by atoms with Gasteiger partial charge in [-0.15, -0.1) is 0 Å². The van der Waals surface area contributed by atoms with E-state index in [2.05, 4.69) is 57.3 Å². The third kappa shape index (κ3) is 2.77. The highest BCUT2D eigenvalue weighted by molar-refractivity contribution is 5.35. The highest BCUT2D eigenvalue weighted by Gasteiger charge is 2.50. The lowest BCUT2D eigenvalue weighted by atomic mass is 9.92. The summed E-state index contributed by atoms with van der Waals surface area (Å²) in [4.78, 5) is 0. The van der Waals surface area contributed by atoms with Crippen LogP contribution in [0.1, 0.15) is 57.6 Å². The predicted octanol–water partition coefficient (Wildman–Crippen LogP) is 4.09. The van der Waals surface area contributed by atoms with E-state index in [1.54, 1.807) is 0 Å². The second kappa shape index (κ2) is 5.44. The summed E-state index contributed by atoms with van der Waals surface area (Å²) in [5.74, 6) is 1.46. The number of nitrogens with one attached hydrogen (secondary N) is 1. The molecular weight excluding hydrogens is 218 g/mol. The molecule has 1 fully saturated rings. The molecular formula is C17H27N. The summed E-state index contributed by atoms with van der Waals surface area (Å²) in [6.07, 6.45) is 2.57. The predicted molar refractivity (Wildman–Crippen MR) is 79.2 cm³/mol. The van der Waals surface area contributed by atoms with Crippen molar-refractivity contribution in [3.05, 3.63) is 35.4 Å². The number of hydrogen-bond acceptors (Lipinski definition) is 1. The Morgan fingerprint density at radius 2 is 1.94 bits per heavy atom. The molecule has 2 rings (SSSR count). The van der Waals surface area contributed by atoms with Gasteiger partial charge in [0.15, 0.2) is 0 Å². The van der Waals surface area contributed by atoms with Crippen molar-refractivity contribution in [2.24, 2.45) is 5.92 Å². The summed E-state index contributed by atoms with van der Waals surface area (Å²) >= 11 is 0. The maximum absolute atomic E-state index is 3.55. The van der Waals surface area contributed by atoms with Gasteiger partial charge in [-0.2, -0.15) is 0 Å². The topological polar surface area (TPSA) is 12.0 Å². The first kappa shape index (κ1) is 13.6. The van der Waals surface area contributed by atoms with Crippen molar-refractivity contribution >= 4 is 0 Å². The van der Waals surface area contributed by atoms with Crippen LogP contribution in [0.3, 0.4) is 0 Å². The van der Waals surface area contributed by atoms with Gasteiger partial charge < -0.3 is 5.32 Å².